The molecule has 3 fully saturated rings. The molecule has 0 radical (unpaired) electrons. The number of carbonyl (C=O) groups is 1. The highest BCUT2D eigenvalue weighted by molar-refractivity contribution is 7.09. The fourth-order valence-electron chi connectivity index (χ4n) is 4.38. The molecule has 5 nitrogen and oxygen atoms in total. The Balaban J connectivity index is 1.42. The predicted octanol–water partition coefficient (Wildman–Crippen LogP) is 2.13. The predicted molar refractivity (Wildman–Crippen MR) is 89.2 cm³/mol. The molecule has 3 saturated heterocycles. The van der Waals surface area contributed by atoms with Crippen LogP contribution in [0.25, 0.3) is 0 Å². The molecule has 3 aliphatic rings. The monoisotopic (exact) mass is 335 g/mol. The molecule has 0 aromatic carbocycles. The van der Waals surface area contributed by atoms with Gasteiger partial charge in [-0.3, -0.25) is 9.69 Å². The number of ether oxygens (including phenoxy) is 1. The summed E-state index contributed by atoms with van der Waals surface area (Å²) in [6, 6.07) is 0.940. The fraction of sp³-hybridized carbons (Fsp3) is 0.765. The van der Waals surface area contributed by atoms with E-state index in [0.717, 1.165) is 58.5 Å². The van der Waals surface area contributed by atoms with E-state index in [-0.39, 0.29) is 0 Å². The van der Waals surface area contributed by atoms with Gasteiger partial charge in [0.15, 0.2) is 0 Å². The Kier molecular flexibility index (Phi) is 4.64. The maximum Gasteiger partial charge on any atom is 0.222 e. The molecule has 0 saturated carbocycles. The molecule has 0 bridgehead atoms. The van der Waals surface area contributed by atoms with Crippen LogP contribution >= 0.6 is 11.3 Å². The van der Waals surface area contributed by atoms with Gasteiger partial charge in [0, 0.05) is 56.4 Å². The van der Waals surface area contributed by atoms with Crippen molar-refractivity contribution in [3.8, 4) is 0 Å². The minimum absolute atomic E-state index is 0.369. The highest BCUT2D eigenvalue weighted by atomic mass is 32.1. The first-order valence-electron chi connectivity index (χ1n) is 8.81. The third kappa shape index (κ3) is 3.30. The molecule has 0 unspecified atom stereocenters. The molecule has 0 aliphatic carbocycles. The molecule has 126 valence electrons. The topological polar surface area (TPSA) is 45.7 Å². The number of carbonyl (C=O) groups excluding carboxylic acids is 1. The van der Waals surface area contributed by atoms with E-state index in [1.165, 1.54) is 5.01 Å². The Labute approximate surface area is 141 Å². The van der Waals surface area contributed by atoms with Crippen molar-refractivity contribution in [2.45, 2.75) is 50.7 Å². The number of nitrogens with zero attached hydrogens (tertiary/aromatic N) is 3. The van der Waals surface area contributed by atoms with Crippen LogP contribution < -0.4 is 0 Å². The number of hydrogen-bond acceptors (Lipinski definition) is 5. The number of amides is 1. The lowest BCUT2D eigenvalue weighted by Gasteiger charge is -2.41. The SMILES string of the molecule is O=C1CC[C@@H]2[C@@H](CCN2Cc2nccs2)N1CC1CCOCC1. The Morgan fingerprint density at radius 2 is 2.09 bits per heavy atom. The number of fused-ring (bicyclic) bond motifs is 1. The third-order valence-electron chi connectivity index (χ3n) is 5.62. The highest BCUT2D eigenvalue weighted by Crippen LogP contribution is 2.34. The van der Waals surface area contributed by atoms with E-state index in [4.69, 9.17) is 4.74 Å². The normalized spacial score (nSPS) is 29.9. The molecule has 0 N–H and O–H groups in total. The largest absolute Gasteiger partial charge is 0.381 e. The van der Waals surface area contributed by atoms with Crippen molar-refractivity contribution < 1.29 is 9.53 Å². The van der Waals surface area contributed by atoms with Crippen molar-refractivity contribution in [2.24, 2.45) is 5.92 Å². The lowest BCUT2D eigenvalue weighted by Crippen LogP contribution is -2.53. The zero-order chi connectivity index (χ0) is 15.6. The van der Waals surface area contributed by atoms with Crippen LogP contribution in [-0.2, 0) is 16.1 Å². The van der Waals surface area contributed by atoms with Crippen LogP contribution in [0.1, 0.15) is 37.1 Å². The van der Waals surface area contributed by atoms with E-state index >= 15 is 0 Å². The van der Waals surface area contributed by atoms with Gasteiger partial charge in [-0.05, 0) is 31.6 Å². The molecule has 1 amide bonds. The lowest BCUT2D eigenvalue weighted by molar-refractivity contribution is -0.139. The van der Waals surface area contributed by atoms with Gasteiger partial charge in [-0.2, -0.15) is 0 Å². The maximum absolute atomic E-state index is 12.5. The van der Waals surface area contributed by atoms with Crippen LogP contribution in [0.4, 0.5) is 0 Å². The molecule has 3 aliphatic heterocycles. The summed E-state index contributed by atoms with van der Waals surface area (Å²) < 4.78 is 5.46. The van der Waals surface area contributed by atoms with E-state index in [2.05, 4.69) is 14.8 Å². The van der Waals surface area contributed by atoms with Crippen molar-refractivity contribution in [3.63, 3.8) is 0 Å². The summed E-state index contributed by atoms with van der Waals surface area (Å²) in [5.74, 6) is 0.994. The molecule has 4 heterocycles. The molecule has 2 atom stereocenters. The number of piperidine rings is 1. The van der Waals surface area contributed by atoms with Crippen molar-refractivity contribution in [2.75, 3.05) is 26.3 Å². The molecular weight excluding hydrogens is 310 g/mol. The number of thiazole rings is 1. The van der Waals surface area contributed by atoms with Gasteiger partial charge in [0.2, 0.25) is 5.91 Å². The summed E-state index contributed by atoms with van der Waals surface area (Å²) in [6.45, 7) is 4.69. The number of aromatic nitrogens is 1. The van der Waals surface area contributed by atoms with E-state index < -0.39 is 0 Å². The van der Waals surface area contributed by atoms with Gasteiger partial charge in [-0.25, -0.2) is 4.98 Å². The summed E-state index contributed by atoms with van der Waals surface area (Å²) in [4.78, 5) is 21.7. The first kappa shape index (κ1) is 15.5. The zero-order valence-corrected chi connectivity index (χ0v) is 14.3. The average molecular weight is 335 g/mol. The van der Waals surface area contributed by atoms with Gasteiger partial charge >= 0.3 is 0 Å². The Bertz CT molecular complexity index is 530. The van der Waals surface area contributed by atoms with Crippen molar-refractivity contribution in [1.29, 1.82) is 0 Å². The Morgan fingerprint density at radius 1 is 1.22 bits per heavy atom. The van der Waals surface area contributed by atoms with Gasteiger partial charge in [0.05, 0.1) is 6.54 Å². The summed E-state index contributed by atoms with van der Waals surface area (Å²) in [5.41, 5.74) is 0. The zero-order valence-electron chi connectivity index (χ0n) is 13.5. The van der Waals surface area contributed by atoms with Crippen LogP contribution in [0.15, 0.2) is 11.6 Å². The van der Waals surface area contributed by atoms with E-state index in [0.29, 0.717) is 30.3 Å². The molecule has 0 spiro atoms. The molecule has 1 aromatic rings. The summed E-state index contributed by atoms with van der Waals surface area (Å²) in [5, 5.41) is 3.24. The molecule has 4 rings (SSSR count). The third-order valence-corrected chi connectivity index (χ3v) is 6.38. The van der Waals surface area contributed by atoms with Crippen LogP contribution in [0.3, 0.4) is 0 Å². The molecule has 1 aromatic heterocycles. The quantitative estimate of drug-likeness (QED) is 0.846. The van der Waals surface area contributed by atoms with Crippen molar-refractivity contribution in [1.82, 2.24) is 14.8 Å². The van der Waals surface area contributed by atoms with E-state index in [1.807, 2.05) is 11.6 Å². The Hall–Kier alpha value is -0.980. The Morgan fingerprint density at radius 3 is 2.87 bits per heavy atom. The van der Waals surface area contributed by atoms with Crippen LogP contribution in [0.5, 0.6) is 0 Å². The minimum atomic E-state index is 0.369. The summed E-state index contributed by atoms with van der Waals surface area (Å²) >= 11 is 1.73. The standard InChI is InChI=1S/C17H25N3O2S/c21-17-2-1-14-15(20(17)11-13-4-8-22-9-5-13)3-7-19(14)12-16-18-6-10-23-16/h6,10,13-15H,1-5,7-9,11-12H2/t14-,15-/m1/s1. The maximum atomic E-state index is 12.5. The molecule has 6 heteroatoms. The van der Waals surface area contributed by atoms with Gasteiger partial charge in [-0.1, -0.05) is 0 Å². The second kappa shape index (κ2) is 6.87. The summed E-state index contributed by atoms with van der Waals surface area (Å²) in [7, 11) is 0. The van der Waals surface area contributed by atoms with Gasteiger partial charge in [0.1, 0.15) is 5.01 Å². The smallest absolute Gasteiger partial charge is 0.222 e. The lowest BCUT2D eigenvalue weighted by atomic mass is 9.92. The number of hydrogen-bond donors (Lipinski definition) is 0. The van der Waals surface area contributed by atoms with E-state index in [9.17, 15) is 4.79 Å². The van der Waals surface area contributed by atoms with Gasteiger partial charge in [0.25, 0.3) is 0 Å². The van der Waals surface area contributed by atoms with Crippen LogP contribution in [-0.4, -0.2) is 59.1 Å². The average Bonchev–Trinajstić information content (AvgIpc) is 3.22. The molecular formula is C17H25N3O2S. The first-order chi connectivity index (χ1) is 11.3. The highest BCUT2D eigenvalue weighted by Gasteiger charge is 2.43. The molecule has 23 heavy (non-hydrogen) atoms. The number of likely N-dealkylation sites (tertiary alicyclic amines) is 2. The van der Waals surface area contributed by atoms with E-state index in [1.54, 1.807) is 11.3 Å². The fourth-order valence-corrected chi connectivity index (χ4v) is 5.02. The second-order valence-corrected chi connectivity index (χ2v) is 7.94. The van der Waals surface area contributed by atoms with Crippen molar-refractivity contribution >= 4 is 17.2 Å². The van der Waals surface area contributed by atoms with Gasteiger partial charge in [-0.15, -0.1) is 11.3 Å². The second-order valence-electron chi connectivity index (χ2n) is 6.96. The minimum Gasteiger partial charge on any atom is -0.381 e. The van der Waals surface area contributed by atoms with Crippen molar-refractivity contribution in [3.05, 3.63) is 16.6 Å². The number of rotatable bonds is 4. The first-order valence-corrected chi connectivity index (χ1v) is 9.69. The van der Waals surface area contributed by atoms with Gasteiger partial charge < -0.3 is 9.64 Å². The van der Waals surface area contributed by atoms with Crippen LogP contribution in [0.2, 0.25) is 0 Å². The van der Waals surface area contributed by atoms with Crippen LogP contribution in [0, 0.1) is 5.92 Å². The summed E-state index contributed by atoms with van der Waals surface area (Å²) in [6.07, 6.45) is 6.92.